The van der Waals surface area contributed by atoms with E-state index in [4.69, 9.17) is 5.73 Å². The summed E-state index contributed by atoms with van der Waals surface area (Å²) in [5.74, 6) is 0.171. The first-order valence-corrected chi connectivity index (χ1v) is 11.9. The van der Waals surface area contributed by atoms with E-state index in [1.165, 1.54) is 6.26 Å². The third-order valence-electron chi connectivity index (χ3n) is 2.39. The lowest BCUT2D eigenvalue weighted by molar-refractivity contribution is 0.600. The van der Waals surface area contributed by atoms with E-state index in [9.17, 15) is 16.8 Å². The number of nitrogens with zero attached hydrogens (tertiary/aromatic N) is 2. The number of hydrogen-bond donors (Lipinski definition) is 1. The summed E-state index contributed by atoms with van der Waals surface area (Å²) in [6, 6.07) is 11.2. The van der Waals surface area contributed by atoms with Gasteiger partial charge in [-0.2, -0.15) is 0 Å². The van der Waals surface area contributed by atoms with Gasteiger partial charge < -0.3 is 5.73 Å². The standard InChI is InChI=1S/C8H11NO2S.C6H8N2.CH3ClO2S/c1-12(10,11)7-5-8-4-2-3-6-9-8;7-5-6-3-1-2-4-8-6;1-5(2,3)4/h2-4,6H,5,7H2,1H3;1-4H,5,7H2;1H3. The highest BCUT2D eigenvalue weighted by atomic mass is 35.7. The Kier molecular flexibility index (Phi) is 11.2. The molecule has 2 heterocycles. The van der Waals surface area contributed by atoms with Gasteiger partial charge in [0.25, 0.3) is 0 Å². The summed E-state index contributed by atoms with van der Waals surface area (Å²) < 4.78 is 40.3. The maximum atomic E-state index is 10.8. The van der Waals surface area contributed by atoms with Crippen molar-refractivity contribution < 1.29 is 16.8 Å². The number of aryl methyl sites for hydroxylation is 1. The van der Waals surface area contributed by atoms with Gasteiger partial charge in [-0.3, -0.25) is 9.97 Å². The van der Waals surface area contributed by atoms with Gasteiger partial charge in [0.1, 0.15) is 9.84 Å². The molecule has 0 radical (unpaired) electrons. The minimum Gasteiger partial charge on any atom is -0.325 e. The van der Waals surface area contributed by atoms with Crippen LogP contribution in [0.3, 0.4) is 0 Å². The van der Waals surface area contributed by atoms with Crippen molar-refractivity contribution in [1.82, 2.24) is 9.97 Å². The largest absolute Gasteiger partial charge is 0.325 e. The third kappa shape index (κ3) is 18.6. The van der Waals surface area contributed by atoms with E-state index in [1.54, 1.807) is 12.4 Å². The lowest BCUT2D eigenvalue weighted by Crippen LogP contribution is -2.06. The normalized spacial score (nSPS) is 10.7. The van der Waals surface area contributed by atoms with E-state index in [2.05, 4.69) is 20.7 Å². The molecule has 0 aliphatic carbocycles. The first-order valence-electron chi connectivity index (χ1n) is 7.08. The smallest absolute Gasteiger partial charge is 0.229 e. The average molecular weight is 408 g/mol. The van der Waals surface area contributed by atoms with Crippen molar-refractivity contribution in [3.63, 3.8) is 0 Å². The summed E-state index contributed by atoms with van der Waals surface area (Å²) in [6.07, 6.45) is 6.06. The Morgan fingerprint density at radius 2 is 1.36 bits per heavy atom. The molecule has 25 heavy (non-hydrogen) atoms. The molecule has 2 aromatic heterocycles. The molecule has 2 rings (SSSR count). The molecule has 0 atom stereocenters. The van der Waals surface area contributed by atoms with E-state index in [1.807, 2.05) is 36.4 Å². The van der Waals surface area contributed by atoms with Crippen molar-refractivity contribution in [3.05, 3.63) is 60.2 Å². The second kappa shape index (κ2) is 11.9. The molecule has 0 aliphatic rings. The van der Waals surface area contributed by atoms with Gasteiger partial charge in [-0.1, -0.05) is 12.1 Å². The third-order valence-corrected chi connectivity index (χ3v) is 3.34. The number of aromatic nitrogens is 2. The van der Waals surface area contributed by atoms with Crippen LogP contribution in [0.2, 0.25) is 0 Å². The van der Waals surface area contributed by atoms with Crippen LogP contribution in [-0.4, -0.2) is 45.1 Å². The number of halogens is 1. The summed E-state index contributed by atoms with van der Waals surface area (Å²) in [7, 11) is -1.55. The predicted octanol–water partition coefficient (Wildman–Crippen LogP) is 1.39. The van der Waals surface area contributed by atoms with Crippen LogP contribution in [-0.2, 0) is 31.9 Å². The van der Waals surface area contributed by atoms with Crippen molar-refractivity contribution in [2.24, 2.45) is 5.73 Å². The van der Waals surface area contributed by atoms with Crippen LogP contribution in [0.5, 0.6) is 0 Å². The molecule has 0 spiro atoms. The Balaban J connectivity index is 0.000000382. The molecule has 0 fully saturated rings. The Morgan fingerprint density at radius 1 is 0.920 bits per heavy atom. The Bertz CT molecular complexity index is 791. The van der Waals surface area contributed by atoms with Gasteiger partial charge in [-0.05, 0) is 24.3 Å². The monoisotopic (exact) mass is 407 g/mol. The van der Waals surface area contributed by atoms with Crippen LogP contribution < -0.4 is 5.73 Å². The molecule has 0 bridgehead atoms. The van der Waals surface area contributed by atoms with Gasteiger partial charge in [0.15, 0.2) is 0 Å². The Hall–Kier alpha value is -1.55. The van der Waals surface area contributed by atoms with Gasteiger partial charge in [0.2, 0.25) is 9.05 Å². The van der Waals surface area contributed by atoms with Gasteiger partial charge in [0.05, 0.1) is 17.7 Å². The van der Waals surface area contributed by atoms with Crippen LogP contribution in [0.25, 0.3) is 0 Å². The number of nitrogens with two attached hydrogens (primary N) is 1. The highest BCUT2D eigenvalue weighted by Gasteiger charge is 2.02. The van der Waals surface area contributed by atoms with Gasteiger partial charge in [-0.15, -0.1) is 0 Å². The molecule has 7 nitrogen and oxygen atoms in total. The van der Waals surface area contributed by atoms with E-state index in [0.29, 0.717) is 13.0 Å². The van der Waals surface area contributed by atoms with Crippen LogP contribution in [0.1, 0.15) is 11.4 Å². The maximum Gasteiger partial charge on any atom is 0.229 e. The van der Waals surface area contributed by atoms with Crippen molar-refractivity contribution >= 4 is 29.6 Å². The molecule has 0 saturated heterocycles. The molecule has 0 aliphatic heterocycles. The van der Waals surface area contributed by atoms with Crippen molar-refractivity contribution in [1.29, 1.82) is 0 Å². The van der Waals surface area contributed by atoms with Gasteiger partial charge in [-0.25, -0.2) is 16.8 Å². The maximum absolute atomic E-state index is 10.8. The number of pyridine rings is 2. The van der Waals surface area contributed by atoms with Gasteiger partial charge >= 0.3 is 0 Å². The summed E-state index contributed by atoms with van der Waals surface area (Å²) in [5, 5.41) is 0. The summed E-state index contributed by atoms with van der Waals surface area (Å²) in [5.41, 5.74) is 7.05. The second-order valence-electron chi connectivity index (χ2n) is 4.91. The fraction of sp³-hybridized carbons (Fsp3) is 0.333. The Morgan fingerprint density at radius 3 is 1.64 bits per heavy atom. The van der Waals surface area contributed by atoms with E-state index < -0.39 is 18.9 Å². The highest BCUT2D eigenvalue weighted by Crippen LogP contribution is 1.96. The molecular weight excluding hydrogens is 386 g/mol. The minimum absolute atomic E-state index is 0.171. The summed E-state index contributed by atoms with van der Waals surface area (Å²) in [6.45, 7) is 0.529. The SMILES string of the molecule is CS(=O)(=O)CCc1ccccn1.CS(=O)(=O)Cl.NCc1ccccn1. The molecule has 10 heteroatoms. The molecule has 2 N–H and O–H groups in total. The van der Waals surface area contributed by atoms with E-state index in [0.717, 1.165) is 17.6 Å². The van der Waals surface area contributed by atoms with E-state index >= 15 is 0 Å². The zero-order valence-corrected chi connectivity index (χ0v) is 16.4. The quantitative estimate of drug-likeness (QED) is 0.760. The molecule has 0 amide bonds. The lowest BCUT2D eigenvalue weighted by Gasteiger charge is -1.97. The van der Waals surface area contributed by atoms with Crippen molar-refractivity contribution in [2.45, 2.75) is 13.0 Å². The lowest BCUT2D eigenvalue weighted by atomic mass is 10.3. The summed E-state index contributed by atoms with van der Waals surface area (Å²) in [4.78, 5) is 7.99. The fourth-order valence-electron chi connectivity index (χ4n) is 1.35. The van der Waals surface area contributed by atoms with Crippen LogP contribution >= 0.6 is 10.7 Å². The van der Waals surface area contributed by atoms with Crippen LogP contribution in [0, 0.1) is 0 Å². The molecule has 0 aromatic carbocycles. The fourth-order valence-corrected chi connectivity index (χ4v) is 1.93. The zero-order valence-electron chi connectivity index (χ0n) is 14.0. The van der Waals surface area contributed by atoms with E-state index in [-0.39, 0.29) is 5.75 Å². The first kappa shape index (κ1) is 23.4. The van der Waals surface area contributed by atoms with Crippen molar-refractivity contribution in [3.8, 4) is 0 Å². The number of hydrogen-bond acceptors (Lipinski definition) is 7. The molecule has 2 aromatic rings. The second-order valence-corrected chi connectivity index (χ2v) is 10.2. The predicted molar refractivity (Wildman–Crippen MR) is 100 cm³/mol. The van der Waals surface area contributed by atoms with Crippen molar-refractivity contribution in [2.75, 3.05) is 18.3 Å². The molecule has 0 unspecified atom stereocenters. The van der Waals surface area contributed by atoms with Crippen LogP contribution in [0.4, 0.5) is 0 Å². The van der Waals surface area contributed by atoms with Crippen LogP contribution in [0.15, 0.2) is 48.8 Å². The first-order chi connectivity index (χ1) is 11.5. The number of rotatable bonds is 4. The zero-order chi connectivity index (χ0) is 19.3. The molecule has 0 saturated carbocycles. The summed E-state index contributed by atoms with van der Waals surface area (Å²) >= 11 is 0. The Labute approximate surface area is 153 Å². The molecular formula is C15H22ClN3O4S2. The average Bonchev–Trinajstić information content (AvgIpc) is 2.53. The van der Waals surface area contributed by atoms with Gasteiger partial charge in [0, 0.05) is 48.0 Å². The topological polar surface area (TPSA) is 120 Å². The minimum atomic E-state index is -3.19. The molecule has 140 valence electrons. The number of sulfone groups is 1. The highest BCUT2D eigenvalue weighted by molar-refractivity contribution is 8.13.